The number of ether oxygens (including phenoxy) is 2. The van der Waals surface area contributed by atoms with Crippen LogP contribution in [0.2, 0.25) is 0 Å². The van der Waals surface area contributed by atoms with Crippen molar-refractivity contribution in [2.24, 2.45) is 11.7 Å². The Hall–Kier alpha value is -0.870. The summed E-state index contributed by atoms with van der Waals surface area (Å²) >= 11 is 1.89. The summed E-state index contributed by atoms with van der Waals surface area (Å²) < 4.78 is 11.1. The molecule has 4 heteroatoms. The zero-order chi connectivity index (χ0) is 13.1. The molecule has 0 bridgehead atoms. The zero-order valence-corrected chi connectivity index (χ0v) is 12.0. The van der Waals surface area contributed by atoms with E-state index in [0.29, 0.717) is 19.3 Å². The van der Waals surface area contributed by atoms with Crippen LogP contribution in [-0.2, 0) is 0 Å². The van der Waals surface area contributed by atoms with E-state index in [-0.39, 0.29) is 0 Å². The predicted molar refractivity (Wildman–Crippen MR) is 78.1 cm³/mol. The van der Waals surface area contributed by atoms with Gasteiger partial charge >= 0.3 is 0 Å². The van der Waals surface area contributed by atoms with Gasteiger partial charge in [0.05, 0.1) is 0 Å². The summed E-state index contributed by atoms with van der Waals surface area (Å²) in [6.07, 6.45) is 5.04. The fourth-order valence-corrected chi connectivity index (χ4v) is 3.88. The molecule has 104 valence electrons. The van der Waals surface area contributed by atoms with Crippen molar-refractivity contribution in [2.75, 3.05) is 19.0 Å². The lowest BCUT2D eigenvalue weighted by atomic mass is 10.0. The molecule has 2 atom stereocenters. The highest BCUT2D eigenvalue weighted by Gasteiger charge is 2.23. The van der Waals surface area contributed by atoms with Gasteiger partial charge in [-0.25, -0.2) is 0 Å². The second-order valence-corrected chi connectivity index (χ2v) is 6.47. The topological polar surface area (TPSA) is 44.5 Å². The van der Waals surface area contributed by atoms with E-state index >= 15 is 0 Å². The van der Waals surface area contributed by atoms with Gasteiger partial charge in [0.1, 0.15) is 13.2 Å². The van der Waals surface area contributed by atoms with E-state index in [0.717, 1.165) is 23.2 Å². The third kappa shape index (κ3) is 3.18. The summed E-state index contributed by atoms with van der Waals surface area (Å²) in [6.45, 7) is 1.30. The van der Waals surface area contributed by atoms with Gasteiger partial charge in [0.15, 0.2) is 11.5 Å². The molecule has 1 saturated carbocycles. The van der Waals surface area contributed by atoms with E-state index in [9.17, 15) is 0 Å². The van der Waals surface area contributed by atoms with Gasteiger partial charge in [0.2, 0.25) is 0 Å². The van der Waals surface area contributed by atoms with Crippen LogP contribution in [0.4, 0.5) is 0 Å². The van der Waals surface area contributed by atoms with E-state index in [4.69, 9.17) is 15.2 Å². The Balaban J connectivity index is 1.52. The summed E-state index contributed by atoms with van der Waals surface area (Å²) in [5.41, 5.74) is 6.10. The predicted octanol–water partition coefficient (Wildman–Crippen LogP) is 3.07. The number of thioether (sulfide) groups is 1. The summed E-state index contributed by atoms with van der Waals surface area (Å²) in [7, 11) is 0. The van der Waals surface area contributed by atoms with E-state index < -0.39 is 0 Å². The maximum absolute atomic E-state index is 6.10. The van der Waals surface area contributed by atoms with Gasteiger partial charge in [-0.05, 0) is 49.1 Å². The molecule has 1 fully saturated rings. The van der Waals surface area contributed by atoms with E-state index in [2.05, 4.69) is 12.1 Å². The van der Waals surface area contributed by atoms with Crippen molar-refractivity contribution in [1.82, 2.24) is 0 Å². The molecule has 1 aromatic rings. The van der Waals surface area contributed by atoms with E-state index in [1.54, 1.807) is 0 Å². The standard InChI is InChI=1S/C15H21NO2S/c16-13-3-1-2-11(13)6-9-19-12-4-5-14-15(10-12)18-8-7-17-14/h4-5,10-11,13H,1-3,6-9,16H2. The van der Waals surface area contributed by atoms with Crippen molar-refractivity contribution < 1.29 is 9.47 Å². The first kappa shape index (κ1) is 13.1. The van der Waals surface area contributed by atoms with Crippen LogP contribution in [0.5, 0.6) is 11.5 Å². The second-order valence-electron chi connectivity index (χ2n) is 5.30. The smallest absolute Gasteiger partial charge is 0.162 e. The fraction of sp³-hybridized carbons (Fsp3) is 0.600. The number of hydrogen-bond acceptors (Lipinski definition) is 4. The summed E-state index contributed by atoms with van der Waals surface area (Å²) in [5.74, 6) is 3.62. The molecule has 1 heterocycles. The van der Waals surface area contributed by atoms with E-state index in [1.165, 1.54) is 30.6 Å². The van der Waals surface area contributed by atoms with Crippen molar-refractivity contribution >= 4 is 11.8 Å². The summed E-state index contributed by atoms with van der Waals surface area (Å²) in [5, 5.41) is 0. The van der Waals surface area contributed by atoms with Gasteiger partial charge in [-0.3, -0.25) is 0 Å². The molecular weight excluding hydrogens is 258 g/mol. The quantitative estimate of drug-likeness (QED) is 0.860. The molecule has 0 spiro atoms. The first-order valence-corrected chi connectivity index (χ1v) is 8.09. The Morgan fingerprint density at radius 2 is 2.00 bits per heavy atom. The normalized spacial score (nSPS) is 25.5. The Morgan fingerprint density at radius 3 is 2.79 bits per heavy atom. The van der Waals surface area contributed by atoms with Crippen LogP contribution in [0.25, 0.3) is 0 Å². The lowest BCUT2D eigenvalue weighted by Gasteiger charge is -2.19. The molecule has 2 unspecified atom stereocenters. The fourth-order valence-electron chi connectivity index (χ4n) is 2.87. The number of hydrogen-bond donors (Lipinski definition) is 1. The summed E-state index contributed by atoms with van der Waals surface area (Å²) in [6, 6.07) is 6.65. The summed E-state index contributed by atoms with van der Waals surface area (Å²) in [4.78, 5) is 1.26. The first-order chi connectivity index (χ1) is 9.33. The highest BCUT2D eigenvalue weighted by atomic mass is 32.2. The minimum absolute atomic E-state index is 0.431. The molecule has 1 aromatic carbocycles. The molecule has 1 aliphatic heterocycles. The number of nitrogens with two attached hydrogens (primary N) is 1. The van der Waals surface area contributed by atoms with Crippen molar-refractivity contribution in [3.05, 3.63) is 18.2 Å². The van der Waals surface area contributed by atoms with E-state index in [1.807, 2.05) is 17.8 Å². The molecule has 2 aliphatic rings. The first-order valence-electron chi connectivity index (χ1n) is 7.11. The average Bonchev–Trinajstić information content (AvgIpc) is 2.84. The molecule has 19 heavy (non-hydrogen) atoms. The van der Waals surface area contributed by atoms with Crippen LogP contribution in [0, 0.1) is 5.92 Å². The van der Waals surface area contributed by atoms with Gasteiger partial charge in [-0.2, -0.15) is 0 Å². The average molecular weight is 279 g/mol. The van der Waals surface area contributed by atoms with Crippen LogP contribution in [0.1, 0.15) is 25.7 Å². The SMILES string of the molecule is NC1CCCC1CCSc1ccc2c(c1)OCCO2. The maximum Gasteiger partial charge on any atom is 0.162 e. The van der Waals surface area contributed by atoms with Crippen molar-refractivity contribution in [3.63, 3.8) is 0 Å². The van der Waals surface area contributed by atoms with Gasteiger partial charge in [0, 0.05) is 10.9 Å². The lowest BCUT2D eigenvalue weighted by molar-refractivity contribution is 0.171. The molecule has 2 N–H and O–H groups in total. The van der Waals surface area contributed by atoms with Gasteiger partial charge in [0.25, 0.3) is 0 Å². The lowest BCUT2D eigenvalue weighted by Crippen LogP contribution is -2.24. The number of fused-ring (bicyclic) bond motifs is 1. The Labute approximate surface area is 118 Å². The third-order valence-electron chi connectivity index (χ3n) is 3.99. The van der Waals surface area contributed by atoms with Crippen LogP contribution in [-0.4, -0.2) is 25.0 Å². The Bertz CT molecular complexity index is 438. The Kier molecular flexibility index (Phi) is 4.18. The van der Waals surface area contributed by atoms with Crippen molar-refractivity contribution in [2.45, 2.75) is 36.6 Å². The number of rotatable bonds is 4. The van der Waals surface area contributed by atoms with Crippen LogP contribution < -0.4 is 15.2 Å². The maximum atomic E-state index is 6.10. The molecule has 3 nitrogen and oxygen atoms in total. The van der Waals surface area contributed by atoms with Crippen LogP contribution in [0.3, 0.4) is 0 Å². The molecule has 0 amide bonds. The van der Waals surface area contributed by atoms with Gasteiger partial charge in [-0.15, -0.1) is 11.8 Å². The van der Waals surface area contributed by atoms with Crippen LogP contribution >= 0.6 is 11.8 Å². The minimum atomic E-state index is 0.431. The molecule has 0 radical (unpaired) electrons. The molecule has 3 rings (SSSR count). The van der Waals surface area contributed by atoms with Gasteiger partial charge < -0.3 is 15.2 Å². The minimum Gasteiger partial charge on any atom is -0.486 e. The van der Waals surface area contributed by atoms with Crippen molar-refractivity contribution in [1.29, 1.82) is 0 Å². The molecule has 0 saturated heterocycles. The molecule has 0 aromatic heterocycles. The number of benzene rings is 1. The monoisotopic (exact) mass is 279 g/mol. The molecular formula is C15H21NO2S. The highest BCUT2D eigenvalue weighted by Crippen LogP contribution is 2.35. The largest absolute Gasteiger partial charge is 0.486 e. The third-order valence-corrected chi connectivity index (χ3v) is 5.02. The Morgan fingerprint density at radius 1 is 1.16 bits per heavy atom. The molecule has 1 aliphatic carbocycles. The highest BCUT2D eigenvalue weighted by molar-refractivity contribution is 7.99. The van der Waals surface area contributed by atoms with Gasteiger partial charge in [-0.1, -0.05) is 6.42 Å². The second kappa shape index (κ2) is 6.06. The van der Waals surface area contributed by atoms with Crippen molar-refractivity contribution in [3.8, 4) is 11.5 Å². The zero-order valence-electron chi connectivity index (χ0n) is 11.1. The van der Waals surface area contributed by atoms with Crippen LogP contribution in [0.15, 0.2) is 23.1 Å².